The third kappa shape index (κ3) is 5.94. The van der Waals surface area contributed by atoms with Crippen molar-refractivity contribution in [1.82, 2.24) is 4.57 Å². The molecule has 5 heterocycles. The van der Waals surface area contributed by atoms with Crippen LogP contribution in [0.1, 0.15) is 58.2 Å². The van der Waals surface area contributed by atoms with Crippen molar-refractivity contribution in [2.45, 2.75) is 78.6 Å². The number of imidazole rings is 1. The van der Waals surface area contributed by atoms with Crippen LogP contribution < -0.4 is 14.3 Å². The van der Waals surface area contributed by atoms with Gasteiger partial charge in [-0.05, 0) is 128 Å². The average molecular weight is 846 g/mol. The van der Waals surface area contributed by atoms with Crippen molar-refractivity contribution >= 4 is 61.5 Å². The molecule has 0 radical (unpaired) electrons. The van der Waals surface area contributed by atoms with Gasteiger partial charge in [0, 0.05) is 38.2 Å². The van der Waals surface area contributed by atoms with Gasteiger partial charge in [0.05, 0.1) is 24.8 Å². The van der Waals surface area contributed by atoms with Crippen LogP contribution in [-0.4, -0.2) is 12.6 Å². The molecule has 2 atom stereocenters. The van der Waals surface area contributed by atoms with Crippen molar-refractivity contribution in [3.63, 3.8) is 0 Å². The van der Waals surface area contributed by atoms with Crippen LogP contribution in [0.25, 0.3) is 76.4 Å². The molecule has 3 aromatic heterocycles. The number of hydrogen-bond donors (Lipinski definition) is 0. The number of fused-ring (bicyclic) bond motifs is 15. The normalized spacial score (nSPS) is 16.2. The summed E-state index contributed by atoms with van der Waals surface area (Å²) in [5.41, 5.74) is 18.0. The summed E-state index contributed by atoms with van der Waals surface area (Å²) in [5.74, 6) is 1.27. The monoisotopic (exact) mass is 845 g/mol. The van der Waals surface area contributed by atoms with Gasteiger partial charge in [-0.3, -0.25) is 0 Å². The Labute approximate surface area is 369 Å². The minimum atomic E-state index is -1.62. The summed E-state index contributed by atoms with van der Waals surface area (Å²) >= 11 is 1.90. The van der Waals surface area contributed by atoms with Crippen LogP contribution in [0.2, 0.25) is 19.6 Å². The van der Waals surface area contributed by atoms with Crippen LogP contribution in [-0.2, 0) is 6.42 Å². The maximum absolute atomic E-state index is 14.5. The number of allylic oxidation sites excluding steroid dienone is 1. The molecule has 6 heteroatoms. The van der Waals surface area contributed by atoms with E-state index in [1.54, 1.807) is 12.1 Å². The van der Waals surface area contributed by atoms with E-state index in [0.29, 0.717) is 5.92 Å². The molecular formula is C56H52FN3SSi+2. The minimum Gasteiger partial charge on any atom is -0.207 e. The highest BCUT2D eigenvalue weighted by Crippen LogP contribution is 2.49. The zero-order valence-electron chi connectivity index (χ0n) is 36.7. The number of aromatic nitrogens is 3. The first-order valence-corrected chi connectivity index (χ1v) is 26.4. The summed E-state index contributed by atoms with van der Waals surface area (Å²) in [6.45, 7) is 21.0. The standard InChI is InChI=1S/C56H52FN3SSi/c1-33-14-13-15-34(2)54(33)60-49-19-12-11-18-48(49)59-37(5)30-50-44(42-16-9-10-17-43(42)47-26-23-41(32-58(47)50)62(6,7)8)24-20-38-21-25-45-46-31-39(52-35(3)28-40(57)29-36(52)4)22-27-51(46)61-55(45)53(38)56(59)60/h9-19,21-23,25-29,31-32,44,50H,5,20,24,30H2,1-4,6-8H3/q+2. The van der Waals surface area contributed by atoms with E-state index >= 15 is 0 Å². The Kier molecular flexibility index (Phi) is 8.98. The van der Waals surface area contributed by atoms with E-state index in [1.165, 1.54) is 81.5 Å². The molecule has 0 amide bonds. The van der Waals surface area contributed by atoms with Crippen molar-refractivity contribution < 1.29 is 13.5 Å². The highest BCUT2D eigenvalue weighted by atomic mass is 32.1. The molecule has 0 saturated heterocycles. The van der Waals surface area contributed by atoms with Gasteiger partial charge in [0.25, 0.3) is 0 Å². The number of rotatable bonds is 3. The fourth-order valence-electron chi connectivity index (χ4n) is 11.1. The molecule has 6 aromatic carbocycles. The SMILES string of the molecule is C=C1CC2C(CCc3ccc4c(sc5ccc(-c6c(C)cc(F)cc6C)cc54)c3-c3n1c1ccccc1[n+]3-c1c(C)cccc1C)c1ccccc1-c1ccc([Si](C)(C)C)c[n+]12. The zero-order chi connectivity index (χ0) is 42.8. The molecular weight excluding hydrogens is 794 g/mol. The summed E-state index contributed by atoms with van der Waals surface area (Å²) in [7, 11) is -1.62. The molecule has 9 aromatic rings. The van der Waals surface area contributed by atoms with E-state index < -0.39 is 8.07 Å². The summed E-state index contributed by atoms with van der Waals surface area (Å²) < 4.78 is 24.8. The second-order valence-corrected chi connectivity index (χ2v) is 25.1. The summed E-state index contributed by atoms with van der Waals surface area (Å²) in [4.78, 5) is 0. The van der Waals surface area contributed by atoms with Crippen LogP contribution in [0.4, 0.5) is 4.39 Å². The molecule has 2 aliphatic rings. The molecule has 62 heavy (non-hydrogen) atoms. The number of benzene rings is 6. The predicted molar refractivity (Wildman–Crippen MR) is 261 cm³/mol. The van der Waals surface area contributed by atoms with E-state index in [1.807, 2.05) is 25.2 Å². The van der Waals surface area contributed by atoms with Crippen molar-refractivity contribution in [3.05, 3.63) is 173 Å². The maximum Gasteiger partial charge on any atom is 0.301 e. The highest BCUT2D eigenvalue weighted by Gasteiger charge is 2.44. The smallest absolute Gasteiger partial charge is 0.207 e. The van der Waals surface area contributed by atoms with Crippen molar-refractivity contribution in [2.75, 3.05) is 0 Å². The highest BCUT2D eigenvalue weighted by molar-refractivity contribution is 7.26. The lowest BCUT2D eigenvalue weighted by atomic mass is 9.77. The number of thiophene rings is 1. The molecule has 11 rings (SSSR count). The van der Waals surface area contributed by atoms with E-state index in [-0.39, 0.29) is 11.9 Å². The minimum absolute atomic E-state index is 0.188. The Morgan fingerprint density at radius 2 is 1.48 bits per heavy atom. The number of nitrogens with zero attached hydrogens (tertiary/aromatic N) is 3. The number of aryl methyl sites for hydroxylation is 5. The first-order valence-electron chi connectivity index (χ1n) is 22.1. The van der Waals surface area contributed by atoms with Crippen molar-refractivity contribution in [2.24, 2.45) is 0 Å². The average Bonchev–Trinajstić information content (AvgIpc) is 3.78. The van der Waals surface area contributed by atoms with Gasteiger partial charge in [-0.2, -0.15) is 13.7 Å². The van der Waals surface area contributed by atoms with Gasteiger partial charge in [-0.1, -0.05) is 99.0 Å². The van der Waals surface area contributed by atoms with Gasteiger partial charge in [-0.25, -0.2) is 4.39 Å². The van der Waals surface area contributed by atoms with Gasteiger partial charge in [0.2, 0.25) is 5.69 Å². The third-order valence-corrected chi connectivity index (χ3v) is 17.2. The van der Waals surface area contributed by atoms with Crippen LogP contribution in [0.5, 0.6) is 0 Å². The van der Waals surface area contributed by atoms with Gasteiger partial charge >= 0.3 is 5.82 Å². The number of para-hydroxylation sites is 3. The number of hydrogen-bond acceptors (Lipinski definition) is 1. The molecule has 0 saturated carbocycles. The van der Waals surface area contributed by atoms with Crippen LogP contribution >= 0.6 is 11.3 Å². The Balaban J connectivity index is 1.23. The second-order valence-electron chi connectivity index (χ2n) is 19.0. The molecule has 0 aliphatic carbocycles. The lowest BCUT2D eigenvalue weighted by Gasteiger charge is -2.32. The van der Waals surface area contributed by atoms with Gasteiger partial charge in [0.15, 0.2) is 23.3 Å². The molecule has 0 fully saturated rings. The molecule has 306 valence electrons. The number of halogens is 1. The molecule has 2 aliphatic heterocycles. The fourth-order valence-corrected chi connectivity index (χ4v) is 13.5. The Morgan fingerprint density at radius 3 is 2.26 bits per heavy atom. The largest absolute Gasteiger partial charge is 0.301 e. The molecule has 3 nitrogen and oxygen atoms in total. The fraction of sp³-hybridized carbons (Fsp3) is 0.214. The van der Waals surface area contributed by atoms with Crippen molar-refractivity contribution in [1.29, 1.82) is 0 Å². The lowest BCUT2D eigenvalue weighted by Crippen LogP contribution is -2.52. The summed E-state index contributed by atoms with van der Waals surface area (Å²) in [5, 5.41) is 3.96. The topological polar surface area (TPSA) is 12.7 Å². The second kappa shape index (κ2) is 14.3. The lowest BCUT2D eigenvalue weighted by molar-refractivity contribution is -0.716. The number of pyridine rings is 1. The van der Waals surface area contributed by atoms with E-state index in [9.17, 15) is 4.39 Å². The first kappa shape index (κ1) is 38.9. The molecule has 0 bridgehead atoms. The summed E-state index contributed by atoms with van der Waals surface area (Å²) in [6.07, 6.45) is 5.26. The van der Waals surface area contributed by atoms with E-state index in [4.69, 9.17) is 6.58 Å². The zero-order valence-corrected chi connectivity index (χ0v) is 38.6. The summed E-state index contributed by atoms with van der Waals surface area (Å²) in [6, 6.07) is 44.8. The Morgan fingerprint density at radius 1 is 0.742 bits per heavy atom. The van der Waals surface area contributed by atoms with Crippen molar-refractivity contribution in [3.8, 4) is 39.5 Å². The molecule has 0 spiro atoms. The molecule has 2 unspecified atom stereocenters. The molecule has 0 N–H and O–H groups in total. The first-order chi connectivity index (χ1) is 29.9. The quantitative estimate of drug-likeness (QED) is 0.124. The Bertz CT molecular complexity index is 3320. The van der Waals surface area contributed by atoms with Crippen LogP contribution in [0.15, 0.2) is 134 Å². The van der Waals surface area contributed by atoms with E-state index in [0.717, 1.165) is 52.7 Å². The van der Waals surface area contributed by atoms with Gasteiger partial charge in [0.1, 0.15) is 17.2 Å². The maximum atomic E-state index is 14.5. The van der Waals surface area contributed by atoms with Gasteiger partial charge in [-0.15, -0.1) is 11.3 Å². The van der Waals surface area contributed by atoms with E-state index in [2.05, 4.69) is 163 Å². The third-order valence-electron chi connectivity index (χ3n) is 14.0. The van der Waals surface area contributed by atoms with Crippen LogP contribution in [0.3, 0.4) is 0 Å². The predicted octanol–water partition coefficient (Wildman–Crippen LogP) is 13.6. The van der Waals surface area contributed by atoms with Crippen LogP contribution in [0, 0.1) is 33.5 Å². The van der Waals surface area contributed by atoms with Gasteiger partial charge < -0.3 is 0 Å². The Hall–Kier alpha value is -5.95.